The van der Waals surface area contributed by atoms with E-state index < -0.39 is 16.0 Å². The fourth-order valence-corrected chi connectivity index (χ4v) is 3.99. The predicted octanol–water partition coefficient (Wildman–Crippen LogP) is 3.69. The van der Waals surface area contributed by atoms with Gasteiger partial charge in [0.1, 0.15) is 0 Å². The van der Waals surface area contributed by atoms with E-state index >= 15 is 0 Å². The SMILES string of the molecule is Cc1cc(C)c(S(=O)(=O)Nc2cc(Cl)c(N)c(Cl)c2)cc1C(=O)O. The van der Waals surface area contributed by atoms with Crippen LogP contribution in [0.25, 0.3) is 0 Å². The average Bonchev–Trinajstić information content (AvgIpc) is 2.43. The number of benzene rings is 2. The van der Waals surface area contributed by atoms with Gasteiger partial charge in [0.05, 0.1) is 31.9 Å². The van der Waals surface area contributed by atoms with Crippen LogP contribution in [0, 0.1) is 13.8 Å². The maximum Gasteiger partial charge on any atom is 0.335 e. The van der Waals surface area contributed by atoms with Crippen molar-refractivity contribution in [3.8, 4) is 0 Å². The Bertz CT molecular complexity index is 920. The molecular formula is C15H14Cl2N2O4S. The van der Waals surface area contributed by atoms with Crippen molar-refractivity contribution >= 4 is 50.6 Å². The summed E-state index contributed by atoms with van der Waals surface area (Å²) >= 11 is 11.8. The first kappa shape index (κ1) is 18.4. The molecule has 128 valence electrons. The zero-order valence-electron chi connectivity index (χ0n) is 12.7. The molecule has 2 aromatic carbocycles. The normalized spacial score (nSPS) is 11.3. The Labute approximate surface area is 149 Å². The summed E-state index contributed by atoms with van der Waals surface area (Å²) in [5.41, 5.74) is 6.67. The minimum Gasteiger partial charge on any atom is -0.478 e. The Balaban J connectivity index is 2.52. The average molecular weight is 389 g/mol. The van der Waals surface area contributed by atoms with Gasteiger partial charge in [-0.2, -0.15) is 0 Å². The molecule has 24 heavy (non-hydrogen) atoms. The Hall–Kier alpha value is -1.96. The van der Waals surface area contributed by atoms with E-state index in [9.17, 15) is 18.3 Å². The molecule has 0 bridgehead atoms. The van der Waals surface area contributed by atoms with Crippen LogP contribution in [-0.4, -0.2) is 19.5 Å². The maximum absolute atomic E-state index is 12.6. The number of nitrogens with one attached hydrogen (secondary N) is 1. The number of anilines is 2. The lowest BCUT2D eigenvalue weighted by atomic mass is 10.1. The molecule has 2 aromatic rings. The molecular weight excluding hydrogens is 375 g/mol. The molecule has 0 spiro atoms. The largest absolute Gasteiger partial charge is 0.478 e. The maximum atomic E-state index is 12.6. The molecule has 0 atom stereocenters. The number of halogens is 2. The number of aryl methyl sites for hydroxylation is 2. The van der Waals surface area contributed by atoms with Gasteiger partial charge >= 0.3 is 5.97 Å². The van der Waals surface area contributed by atoms with Crippen molar-refractivity contribution in [1.82, 2.24) is 0 Å². The van der Waals surface area contributed by atoms with Crippen molar-refractivity contribution in [1.29, 1.82) is 0 Å². The Morgan fingerprint density at radius 3 is 2.12 bits per heavy atom. The molecule has 0 aliphatic carbocycles. The molecule has 0 saturated carbocycles. The van der Waals surface area contributed by atoms with E-state index in [1.165, 1.54) is 18.2 Å². The molecule has 0 saturated heterocycles. The van der Waals surface area contributed by atoms with E-state index in [1.54, 1.807) is 13.8 Å². The molecule has 4 N–H and O–H groups in total. The molecule has 0 fully saturated rings. The second-order valence-electron chi connectivity index (χ2n) is 5.20. The van der Waals surface area contributed by atoms with Crippen LogP contribution in [0.15, 0.2) is 29.2 Å². The second kappa shape index (κ2) is 6.51. The Morgan fingerprint density at radius 1 is 1.08 bits per heavy atom. The van der Waals surface area contributed by atoms with E-state index in [4.69, 9.17) is 28.9 Å². The van der Waals surface area contributed by atoms with E-state index in [1.807, 2.05) is 0 Å². The zero-order chi connectivity index (χ0) is 18.2. The summed E-state index contributed by atoms with van der Waals surface area (Å²) in [4.78, 5) is 11.1. The summed E-state index contributed by atoms with van der Waals surface area (Å²) in [6.45, 7) is 3.18. The second-order valence-corrected chi connectivity index (χ2v) is 7.66. The summed E-state index contributed by atoms with van der Waals surface area (Å²) in [7, 11) is -4.03. The minimum absolute atomic E-state index is 0.0886. The number of hydrogen-bond donors (Lipinski definition) is 3. The molecule has 0 aromatic heterocycles. The molecule has 0 heterocycles. The molecule has 0 aliphatic heterocycles. The van der Waals surface area contributed by atoms with Gasteiger partial charge in [-0.1, -0.05) is 29.3 Å². The van der Waals surface area contributed by atoms with Crippen molar-refractivity contribution in [3.05, 3.63) is 51.0 Å². The van der Waals surface area contributed by atoms with Crippen LogP contribution in [0.3, 0.4) is 0 Å². The first-order chi connectivity index (χ1) is 11.0. The predicted molar refractivity (Wildman–Crippen MR) is 94.6 cm³/mol. The number of nitrogen functional groups attached to an aromatic ring is 1. The van der Waals surface area contributed by atoms with E-state index in [2.05, 4.69) is 4.72 Å². The first-order valence-corrected chi connectivity index (χ1v) is 8.88. The lowest BCUT2D eigenvalue weighted by Crippen LogP contribution is -2.16. The number of carboxylic acids is 1. The van der Waals surface area contributed by atoms with Crippen LogP contribution >= 0.6 is 23.2 Å². The summed E-state index contributed by atoms with van der Waals surface area (Å²) in [5, 5.41) is 9.38. The molecule has 0 radical (unpaired) electrons. The van der Waals surface area contributed by atoms with Crippen molar-refractivity contribution in [2.75, 3.05) is 10.5 Å². The summed E-state index contributed by atoms with van der Waals surface area (Å²) in [6, 6.07) is 5.26. The van der Waals surface area contributed by atoms with Gasteiger partial charge in [0, 0.05) is 0 Å². The Morgan fingerprint density at radius 2 is 1.62 bits per heavy atom. The number of hydrogen-bond acceptors (Lipinski definition) is 4. The van der Waals surface area contributed by atoms with Crippen LogP contribution in [0.4, 0.5) is 11.4 Å². The molecule has 2 rings (SSSR count). The molecule has 6 nitrogen and oxygen atoms in total. The van der Waals surface area contributed by atoms with Crippen molar-refractivity contribution in [2.24, 2.45) is 0 Å². The lowest BCUT2D eigenvalue weighted by molar-refractivity contribution is 0.0696. The van der Waals surface area contributed by atoms with Gasteiger partial charge < -0.3 is 10.8 Å². The minimum atomic E-state index is -4.03. The summed E-state index contributed by atoms with van der Waals surface area (Å²) in [5.74, 6) is -1.21. The van der Waals surface area contributed by atoms with Crippen LogP contribution in [0.1, 0.15) is 21.5 Å². The number of carboxylic acid groups (broad SMARTS) is 1. The van der Waals surface area contributed by atoms with Gasteiger partial charge in [-0.05, 0) is 43.2 Å². The number of carbonyl (C=O) groups is 1. The highest BCUT2D eigenvalue weighted by Crippen LogP contribution is 2.32. The molecule has 0 unspecified atom stereocenters. The van der Waals surface area contributed by atoms with Crippen LogP contribution in [0.2, 0.25) is 10.0 Å². The van der Waals surface area contributed by atoms with E-state index in [0.29, 0.717) is 11.1 Å². The third-order valence-corrected chi connectivity index (χ3v) is 5.52. The van der Waals surface area contributed by atoms with Crippen molar-refractivity contribution < 1.29 is 18.3 Å². The van der Waals surface area contributed by atoms with Crippen LogP contribution < -0.4 is 10.5 Å². The van der Waals surface area contributed by atoms with Gasteiger partial charge in [-0.15, -0.1) is 0 Å². The topological polar surface area (TPSA) is 109 Å². The fraction of sp³-hybridized carbons (Fsp3) is 0.133. The van der Waals surface area contributed by atoms with Gasteiger partial charge in [-0.25, -0.2) is 13.2 Å². The van der Waals surface area contributed by atoms with E-state index in [-0.39, 0.29) is 31.9 Å². The monoisotopic (exact) mass is 388 g/mol. The van der Waals surface area contributed by atoms with Gasteiger partial charge in [0.25, 0.3) is 10.0 Å². The number of sulfonamides is 1. The van der Waals surface area contributed by atoms with Gasteiger partial charge in [-0.3, -0.25) is 4.72 Å². The summed E-state index contributed by atoms with van der Waals surface area (Å²) < 4.78 is 27.5. The highest BCUT2D eigenvalue weighted by Gasteiger charge is 2.21. The molecule has 0 aliphatic rings. The zero-order valence-corrected chi connectivity index (χ0v) is 15.1. The fourth-order valence-electron chi connectivity index (χ4n) is 2.21. The number of nitrogens with two attached hydrogens (primary N) is 1. The van der Waals surface area contributed by atoms with Crippen LogP contribution in [0.5, 0.6) is 0 Å². The Kier molecular flexibility index (Phi) is 4.98. The number of aromatic carboxylic acids is 1. The highest BCUT2D eigenvalue weighted by atomic mass is 35.5. The first-order valence-electron chi connectivity index (χ1n) is 6.65. The standard InChI is InChI=1S/C15H14Cl2N2O4S/c1-7-3-8(2)13(6-10(7)15(20)21)24(22,23)19-9-4-11(16)14(18)12(17)5-9/h3-6,19H,18H2,1-2H3,(H,20,21). The van der Waals surface area contributed by atoms with Gasteiger partial charge in [0.2, 0.25) is 0 Å². The molecule has 0 amide bonds. The quantitative estimate of drug-likeness (QED) is 0.691. The van der Waals surface area contributed by atoms with Crippen molar-refractivity contribution in [2.45, 2.75) is 18.7 Å². The number of rotatable bonds is 4. The third kappa shape index (κ3) is 3.58. The lowest BCUT2D eigenvalue weighted by Gasteiger charge is -2.13. The van der Waals surface area contributed by atoms with Crippen molar-refractivity contribution in [3.63, 3.8) is 0 Å². The third-order valence-electron chi connectivity index (χ3n) is 3.37. The smallest absolute Gasteiger partial charge is 0.335 e. The van der Waals surface area contributed by atoms with E-state index in [0.717, 1.165) is 6.07 Å². The van der Waals surface area contributed by atoms with Crippen LogP contribution in [-0.2, 0) is 10.0 Å². The molecule has 9 heteroatoms. The highest BCUT2D eigenvalue weighted by molar-refractivity contribution is 7.92. The summed E-state index contributed by atoms with van der Waals surface area (Å²) in [6.07, 6.45) is 0. The van der Waals surface area contributed by atoms with Gasteiger partial charge in [0.15, 0.2) is 0 Å².